The Bertz CT molecular complexity index is 504. The fraction of sp³-hybridized carbons (Fsp3) is 0.750. The van der Waals surface area contributed by atoms with Gasteiger partial charge in [0, 0.05) is 12.1 Å². The first-order chi connectivity index (χ1) is 10.0. The van der Waals surface area contributed by atoms with E-state index in [1.165, 1.54) is 38.5 Å². The van der Waals surface area contributed by atoms with Crippen LogP contribution < -0.4 is 11.1 Å². The van der Waals surface area contributed by atoms with E-state index in [1.807, 2.05) is 0 Å². The first-order valence-corrected chi connectivity index (χ1v) is 8.47. The molecule has 1 heterocycles. The minimum Gasteiger partial charge on any atom is -0.368 e. The van der Waals surface area contributed by atoms with Crippen molar-refractivity contribution in [1.29, 1.82) is 0 Å². The fourth-order valence-electron chi connectivity index (χ4n) is 5.59. The number of nitrogens with zero attached hydrogens (tertiary/aromatic N) is 2. The molecule has 4 aliphatic carbocycles. The number of nitrogen functional groups attached to an aromatic ring is 1. The molecule has 0 amide bonds. The van der Waals surface area contributed by atoms with Crippen LogP contribution in [0.1, 0.15) is 45.4 Å². The van der Waals surface area contributed by atoms with Crippen molar-refractivity contribution in [2.75, 3.05) is 11.1 Å². The molecule has 4 nitrogen and oxygen atoms in total. The number of anilines is 2. The molecule has 4 saturated carbocycles. The Morgan fingerprint density at radius 1 is 1.19 bits per heavy atom. The lowest BCUT2D eigenvalue weighted by Crippen LogP contribution is -2.53. The highest BCUT2D eigenvalue weighted by atomic mass is 35.5. The molecule has 0 aromatic carbocycles. The highest BCUT2D eigenvalue weighted by Crippen LogP contribution is 2.61. The van der Waals surface area contributed by atoms with E-state index in [0.717, 1.165) is 23.6 Å². The zero-order valence-electron chi connectivity index (χ0n) is 12.5. The van der Waals surface area contributed by atoms with Crippen LogP contribution in [-0.4, -0.2) is 16.0 Å². The molecule has 5 rings (SSSR count). The predicted molar refractivity (Wildman–Crippen MR) is 85.1 cm³/mol. The van der Waals surface area contributed by atoms with Crippen LogP contribution in [0.2, 0.25) is 5.15 Å². The molecule has 3 N–H and O–H groups in total. The highest BCUT2D eigenvalue weighted by molar-refractivity contribution is 6.29. The Morgan fingerprint density at radius 3 is 2.29 bits per heavy atom. The molecule has 0 spiro atoms. The molecule has 21 heavy (non-hydrogen) atoms. The molecular weight excluding hydrogens is 284 g/mol. The van der Waals surface area contributed by atoms with Crippen LogP contribution in [0, 0.1) is 23.2 Å². The lowest BCUT2D eigenvalue weighted by molar-refractivity contribution is -0.0603. The lowest BCUT2D eigenvalue weighted by Gasteiger charge is -2.59. The molecule has 0 radical (unpaired) electrons. The second-order valence-electron chi connectivity index (χ2n) is 7.58. The first-order valence-electron chi connectivity index (χ1n) is 8.09. The molecule has 1 aromatic heterocycles. The summed E-state index contributed by atoms with van der Waals surface area (Å²) in [5, 5.41) is 3.97. The number of nitrogens with two attached hydrogens (primary N) is 1. The topological polar surface area (TPSA) is 63.8 Å². The van der Waals surface area contributed by atoms with Gasteiger partial charge in [0.25, 0.3) is 0 Å². The van der Waals surface area contributed by atoms with E-state index in [4.69, 9.17) is 17.3 Å². The van der Waals surface area contributed by atoms with Gasteiger partial charge in [0.1, 0.15) is 11.0 Å². The molecule has 0 unspecified atom stereocenters. The average Bonchev–Trinajstić information content (AvgIpc) is 2.35. The molecule has 4 bridgehead atoms. The minimum atomic E-state index is 0.239. The quantitative estimate of drug-likeness (QED) is 0.835. The van der Waals surface area contributed by atoms with E-state index in [-0.39, 0.29) is 5.95 Å². The Morgan fingerprint density at radius 2 is 1.76 bits per heavy atom. The van der Waals surface area contributed by atoms with Gasteiger partial charge in [0.2, 0.25) is 5.95 Å². The van der Waals surface area contributed by atoms with E-state index >= 15 is 0 Å². The van der Waals surface area contributed by atoms with Gasteiger partial charge in [-0.25, -0.2) is 4.98 Å². The van der Waals surface area contributed by atoms with Crippen molar-refractivity contribution in [3.8, 4) is 0 Å². The monoisotopic (exact) mass is 306 g/mol. The first kappa shape index (κ1) is 13.6. The van der Waals surface area contributed by atoms with Crippen LogP contribution in [0.15, 0.2) is 6.07 Å². The van der Waals surface area contributed by atoms with Crippen LogP contribution in [0.4, 0.5) is 11.8 Å². The van der Waals surface area contributed by atoms with Gasteiger partial charge < -0.3 is 11.1 Å². The largest absolute Gasteiger partial charge is 0.368 e. The predicted octanol–water partition coefficient (Wildman–Crippen LogP) is 3.73. The maximum Gasteiger partial charge on any atom is 0.223 e. The molecule has 4 fully saturated rings. The summed E-state index contributed by atoms with van der Waals surface area (Å²) in [6, 6.07) is 2.19. The number of aromatic nitrogens is 2. The zero-order valence-corrected chi connectivity index (χ0v) is 13.2. The summed E-state index contributed by atoms with van der Waals surface area (Å²) in [7, 11) is 0. The smallest absolute Gasteiger partial charge is 0.223 e. The summed E-state index contributed by atoms with van der Waals surface area (Å²) < 4.78 is 0. The summed E-state index contributed by atoms with van der Waals surface area (Å²) in [4.78, 5) is 8.20. The van der Waals surface area contributed by atoms with E-state index in [9.17, 15) is 0 Å². The summed E-state index contributed by atoms with van der Waals surface area (Å²) in [5.74, 6) is 3.87. The molecular formula is C16H23ClN4. The molecule has 0 aliphatic heterocycles. The number of hydrogen-bond acceptors (Lipinski definition) is 4. The standard InChI is InChI=1S/C16H23ClN4/c1-9(19-14-5-13(17)20-15(18)21-14)16-6-10-2-11(7-16)4-12(3-10)8-16/h5,9-12H,2-4,6-8H2,1H3,(H3,18,19,20,21)/t9-,10?,11?,12?,16?/m0/s1. The Labute approximate surface area is 130 Å². The highest BCUT2D eigenvalue weighted by Gasteiger charge is 2.53. The third-order valence-corrected chi connectivity index (χ3v) is 6.27. The third-order valence-electron chi connectivity index (χ3n) is 6.08. The van der Waals surface area contributed by atoms with Crippen molar-refractivity contribution in [2.45, 2.75) is 51.5 Å². The van der Waals surface area contributed by atoms with Gasteiger partial charge in [-0.05, 0) is 68.6 Å². The van der Waals surface area contributed by atoms with Gasteiger partial charge in [0.05, 0.1) is 0 Å². The van der Waals surface area contributed by atoms with Crippen molar-refractivity contribution in [2.24, 2.45) is 23.2 Å². The van der Waals surface area contributed by atoms with Gasteiger partial charge in [-0.3, -0.25) is 0 Å². The summed E-state index contributed by atoms with van der Waals surface area (Å²) in [6.07, 6.45) is 8.54. The van der Waals surface area contributed by atoms with Crippen LogP contribution in [0.25, 0.3) is 0 Å². The van der Waals surface area contributed by atoms with Crippen LogP contribution >= 0.6 is 11.6 Å². The molecule has 114 valence electrons. The van der Waals surface area contributed by atoms with E-state index in [2.05, 4.69) is 22.2 Å². The van der Waals surface area contributed by atoms with Gasteiger partial charge in [0.15, 0.2) is 0 Å². The molecule has 5 heteroatoms. The van der Waals surface area contributed by atoms with Crippen LogP contribution in [0.3, 0.4) is 0 Å². The van der Waals surface area contributed by atoms with E-state index in [1.54, 1.807) is 6.07 Å². The maximum absolute atomic E-state index is 5.98. The maximum atomic E-state index is 5.98. The number of hydrogen-bond donors (Lipinski definition) is 2. The normalized spacial score (nSPS) is 38.5. The molecule has 1 aromatic rings. The number of nitrogens with one attached hydrogen (secondary N) is 1. The number of rotatable bonds is 3. The summed E-state index contributed by atoms with van der Waals surface area (Å²) in [6.45, 7) is 2.30. The SMILES string of the molecule is C[C@H](Nc1cc(Cl)nc(N)n1)C12CC3CC(CC(C3)C1)C2. The van der Waals surface area contributed by atoms with Crippen molar-refractivity contribution >= 4 is 23.4 Å². The van der Waals surface area contributed by atoms with Gasteiger partial charge >= 0.3 is 0 Å². The van der Waals surface area contributed by atoms with Crippen molar-refractivity contribution in [3.05, 3.63) is 11.2 Å². The van der Waals surface area contributed by atoms with Crippen molar-refractivity contribution < 1.29 is 0 Å². The number of halogens is 1. The van der Waals surface area contributed by atoms with Gasteiger partial charge in [-0.15, -0.1) is 0 Å². The van der Waals surface area contributed by atoms with Gasteiger partial charge in [-0.1, -0.05) is 11.6 Å². The van der Waals surface area contributed by atoms with Crippen molar-refractivity contribution in [3.63, 3.8) is 0 Å². The van der Waals surface area contributed by atoms with Gasteiger partial charge in [-0.2, -0.15) is 4.98 Å². The van der Waals surface area contributed by atoms with E-state index < -0.39 is 0 Å². The Hall–Kier alpha value is -1.03. The second kappa shape index (κ2) is 4.73. The minimum absolute atomic E-state index is 0.239. The molecule has 1 atom stereocenters. The van der Waals surface area contributed by atoms with E-state index in [0.29, 0.717) is 16.6 Å². The average molecular weight is 307 g/mol. The zero-order chi connectivity index (χ0) is 14.6. The second-order valence-corrected chi connectivity index (χ2v) is 7.97. The third kappa shape index (κ3) is 2.37. The van der Waals surface area contributed by atoms with Crippen molar-refractivity contribution in [1.82, 2.24) is 9.97 Å². The lowest BCUT2D eigenvalue weighted by atomic mass is 9.48. The Kier molecular flexibility index (Phi) is 3.07. The fourth-order valence-corrected chi connectivity index (χ4v) is 5.78. The van der Waals surface area contributed by atoms with Crippen LogP contribution in [-0.2, 0) is 0 Å². The van der Waals surface area contributed by atoms with Crippen LogP contribution in [0.5, 0.6) is 0 Å². The Balaban J connectivity index is 1.55. The molecule has 4 aliphatic rings. The molecule has 0 saturated heterocycles. The summed E-state index contributed by atoms with van der Waals surface area (Å²) >= 11 is 5.98. The summed E-state index contributed by atoms with van der Waals surface area (Å²) in [5.41, 5.74) is 6.14.